The molecule has 0 saturated heterocycles. The lowest BCUT2D eigenvalue weighted by Crippen LogP contribution is -2.08. The molecule has 0 aliphatic rings. The van der Waals surface area contributed by atoms with E-state index < -0.39 is 0 Å². The highest BCUT2D eigenvalue weighted by atomic mass is 35.5. The van der Waals surface area contributed by atoms with Crippen LogP contribution in [0.4, 0.5) is 0 Å². The molecule has 0 heterocycles. The molecule has 0 fully saturated rings. The van der Waals surface area contributed by atoms with Crippen molar-refractivity contribution >= 4 is 11.6 Å². The van der Waals surface area contributed by atoms with Crippen molar-refractivity contribution in [2.75, 3.05) is 6.61 Å². The van der Waals surface area contributed by atoms with Gasteiger partial charge in [-0.25, -0.2) is 0 Å². The monoisotopic (exact) mass is 267 g/mol. The molecular weight excluding hydrogens is 246 g/mol. The summed E-state index contributed by atoms with van der Waals surface area (Å²) < 4.78 is 5.77. The van der Waals surface area contributed by atoms with Gasteiger partial charge in [-0.05, 0) is 50.8 Å². The predicted octanol–water partition coefficient (Wildman–Crippen LogP) is 4.48. The minimum Gasteiger partial charge on any atom is -0.493 e. The lowest BCUT2D eigenvalue weighted by molar-refractivity contribution is 0.301. The van der Waals surface area contributed by atoms with Crippen LogP contribution in [0.15, 0.2) is 30.9 Å². The number of hydrogen-bond donors (Lipinski definition) is 1. The number of allylic oxidation sites excluding steroid dienone is 1. The maximum absolute atomic E-state index is 5.96. The average Bonchev–Trinajstić information content (AvgIpc) is 2.35. The van der Waals surface area contributed by atoms with Gasteiger partial charge in [-0.15, -0.1) is 6.58 Å². The van der Waals surface area contributed by atoms with Gasteiger partial charge in [-0.3, -0.25) is 0 Å². The van der Waals surface area contributed by atoms with Gasteiger partial charge in [0.25, 0.3) is 0 Å². The quantitative estimate of drug-likeness (QED) is 0.557. The van der Waals surface area contributed by atoms with E-state index in [4.69, 9.17) is 22.1 Å². The molecule has 0 saturated carbocycles. The normalized spacial score (nSPS) is 12.2. The molecular formula is C15H22ClNO. The van der Waals surface area contributed by atoms with E-state index in [-0.39, 0.29) is 6.04 Å². The number of benzene rings is 1. The number of rotatable bonds is 8. The third-order valence-corrected chi connectivity index (χ3v) is 3.01. The van der Waals surface area contributed by atoms with E-state index in [0.717, 1.165) is 37.2 Å². The predicted molar refractivity (Wildman–Crippen MR) is 78.2 cm³/mol. The number of ether oxygens (including phenoxy) is 1. The van der Waals surface area contributed by atoms with Crippen molar-refractivity contribution in [2.24, 2.45) is 5.73 Å². The molecule has 0 aliphatic carbocycles. The van der Waals surface area contributed by atoms with E-state index in [1.807, 2.05) is 31.2 Å². The van der Waals surface area contributed by atoms with E-state index in [1.54, 1.807) is 0 Å². The summed E-state index contributed by atoms with van der Waals surface area (Å²) in [5.74, 6) is 0.845. The molecule has 18 heavy (non-hydrogen) atoms. The zero-order chi connectivity index (χ0) is 13.4. The first-order chi connectivity index (χ1) is 8.65. The third kappa shape index (κ3) is 5.11. The van der Waals surface area contributed by atoms with Crippen LogP contribution in [0.3, 0.4) is 0 Å². The van der Waals surface area contributed by atoms with Crippen molar-refractivity contribution < 1.29 is 4.74 Å². The summed E-state index contributed by atoms with van der Waals surface area (Å²) in [6.07, 6.45) is 6.41. The number of nitrogens with two attached hydrogens (primary N) is 1. The van der Waals surface area contributed by atoms with E-state index in [1.165, 1.54) is 6.42 Å². The molecule has 2 nitrogen and oxygen atoms in total. The summed E-state index contributed by atoms with van der Waals surface area (Å²) in [5.41, 5.74) is 6.87. The minimum atomic E-state index is -0.0699. The van der Waals surface area contributed by atoms with E-state index in [0.29, 0.717) is 5.02 Å². The highest BCUT2D eigenvalue weighted by Gasteiger charge is 2.08. The van der Waals surface area contributed by atoms with Crippen LogP contribution in [0.2, 0.25) is 5.02 Å². The van der Waals surface area contributed by atoms with E-state index in [2.05, 4.69) is 6.58 Å². The van der Waals surface area contributed by atoms with Crippen LogP contribution in [0.25, 0.3) is 0 Å². The first-order valence-electron chi connectivity index (χ1n) is 6.44. The first kappa shape index (κ1) is 15.1. The second kappa shape index (κ2) is 8.17. The lowest BCUT2D eigenvalue weighted by atomic mass is 10.1. The molecule has 0 unspecified atom stereocenters. The SMILES string of the molecule is C=CCCCCCOc1ccc(Cl)cc1[C@@H](C)N. The molecule has 0 aliphatic heterocycles. The fourth-order valence-corrected chi connectivity index (χ4v) is 1.94. The average molecular weight is 268 g/mol. The molecule has 0 amide bonds. The summed E-state index contributed by atoms with van der Waals surface area (Å²) in [5, 5.41) is 0.695. The Morgan fingerprint density at radius 2 is 2.17 bits per heavy atom. The molecule has 3 heteroatoms. The Kier molecular flexibility index (Phi) is 6.84. The second-order valence-electron chi connectivity index (χ2n) is 4.46. The van der Waals surface area contributed by atoms with Crippen molar-refractivity contribution in [3.05, 3.63) is 41.4 Å². The standard InChI is InChI=1S/C15H22ClNO/c1-3-4-5-6-7-10-18-15-9-8-13(16)11-14(15)12(2)17/h3,8-9,11-12H,1,4-7,10,17H2,2H3/t12-/m1/s1. The van der Waals surface area contributed by atoms with Crippen LogP contribution in [-0.4, -0.2) is 6.61 Å². The van der Waals surface area contributed by atoms with Gasteiger partial charge in [0.05, 0.1) is 6.61 Å². The minimum absolute atomic E-state index is 0.0699. The smallest absolute Gasteiger partial charge is 0.124 e. The van der Waals surface area contributed by atoms with Crippen molar-refractivity contribution in [2.45, 2.75) is 38.6 Å². The fourth-order valence-electron chi connectivity index (χ4n) is 1.76. The van der Waals surface area contributed by atoms with Crippen molar-refractivity contribution in [3.63, 3.8) is 0 Å². The topological polar surface area (TPSA) is 35.2 Å². The molecule has 1 aromatic rings. The second-order valence-corrected chi connectivity index (χ2v) is 4.89. The Hall–Kier alpha value is -0.990. The molecule has 2 N–H and O–H groups in total. The molecule has 100 valence electrons. The third-order valence-electron chi connectivity index (χ3n) is 2.77. The summed E-state index contributed by atoms with van der Waals surface area (Å²) in [7, 11) is 0. The first-order valence-corrected chi connectivity index (χ1v) is 6.81. The lowest BCUT2D eigenvalue weighted by Gasteiger charge is -2.14. The molecule has 0 radical (unpaired) electrons. The zero-order valence-corrected chi connectivity index (χ0v) is 11.7. The molecule has 0 bridgehead atoms. The summed E-state index contributed by atoms with van der Waals surface area (Å²) in [6.45, 7) is 6.36. The highest BCUT2D eigenvalue weighted by Crippen LogP contribution is 2.27. The van der Waals surface area contributed by atoms with Crippen molar-refractivity contribution in [3.8, 4) is 5.75 Å². The van der Waals surface area contributed by atoms with E-state index >= 15 is 0 Å². The Labute approximate surface area is 115 Å². The van der Waals surface area contributed by atoms with Crippen LogP contribution in [0.1, 0.15) is 44.2 Å². The maximum Gasteiger partial charge on any atom is 0.124 e. The van der Waals surface area contributed by atoms with Gasteiger partial charge in [-0.1, -0.05) is 17.7 Å². The summed E-state index contributed by atoms with van der Waals surface area (Å²) in [6, 6.07) is 5.53. The summed E-state index contributed by atoms with van der Waals surface area (Å²) >= 11 is 5.96. The van der Waals surface area contributed by atoms with Gasteiger partial charge < -0.3 is 10.5 Å². The van der Waals surface area contributed by atoms with Gasteiger partial charge in [0.15, 0.2) is 0 Å². The van der Waals surface area contributed by atoms with Gasteiger partial charge in [0, 0.05) is 16.6 Å². The van der Waals surface area contributed by atoms with Gasteiger partial charge >= 0.3 is 0 Å². The Morgan fingerprint density at radius 3 is 2.83 bits per heavy atom. The Morgan fingerprint density at radius 1 is 1.39 bits per heavy atom. The number of halogens is 1. The number of unbranched alkanes of at least 4 members (excludes halogenated alkanes) is 3. The maximum atomic E-state index is 5.96. The largest absolute Gasteiger partial charge is 0.493 e. The van der Waals surface area contributed by atoms with E-state index in [9.17, 15) is 0 Å². The Balaban J connectivity index is 2.44. The highest BCUT2D eigenvalue weighted by molar-refractivity contribution is 6.30. The number of hydrogen-bond acceptors (Lipinski definition) is 2. The van der Waals surface area contributed by atoms with Gasteiger partial charge in [0.2, 0.25) is 0 Å². The molecule has 1 atom stereocenters. The molecule has 1 rings (SSSR count). The van der Waals surface area contributed by atoms with Crippen molar-refractivity contribution in [1.82, 2.24) is 0 Å². The van der Waals surface area contributed by atoms with Crippen LogP contribution < -0.4 is 10.5 Å². The van der Waals surface area contributed by atoms with Crippen LogP contribution >= 0.6 is 11.6 Å². The van der Waals surface area contributed by atoms with Crippen LogP contribution in [0.5, 0.6) is 5.75 Å². The summed E-state index contributed by atoms with van der Waals surface area (Å²) in [4.78, 5) is 0. The molecule has 0 spiro atoms. The van der Waals surface area contributed by atoms with Gasteiger partial charge in [0.1, 0.15) is 5.75 Å². The Bertz CT molecular complexity index is 377. The molecule has 0 aromatic heterocycles. The molecule has 1 aromatic carbocycles. The van der Waals surface area contributed by atoms with Crippen LogP contribution in [0, 0.1) is 0 Å². The van der Waals surface area contributed by atoms with Crippen LogP contribution in [-0.2, 0) is 0 Å². The zero-order valence-electron chi connectivity index (χ0n) is 11.0. The fraction of sp³-hybridized carbons (Fsp3) is 0.467. The van der Waals surface area contributed by atoms with Crippen molar-refractivity contribution in [1.29, 1.82) is 0 Å². The van der Waals surface area contributed by atoms with Gasteiger partial charge in [-0.2, -0.15) is 0 Å².